The SMILES string of the molecule is CCC(OC(=O)NCCN1CCCC1)C(C)CC(O)C(O[Si](CC)(CC)CC)C(C)/C=C/C=C(\C)C1OC(=O)CC(O[Si](CC)(CC)CC)CCC(C)(O)C(OC(C)=O)/C=C/C1C. The molecule has 14 heteroatoms. The fraction of sp³-hybridized carbons (Fsp3) is 0.816. The molecule has 0 aromatic carbocycles. The third kappa shape index (κ3) is 18.5. The van der Waals surface area contributed by atoms with Crippen molar-refractivity contribution in [2.24, 2.45) is 17.8 Å². The van der Waals surface area contributed by atoms with Crippen molar-refractivity contribution in [2.75, 3.05) is 26.2 Å². The number of hydrogen-bond acceptors (Lipinski definition) is 11. The van der Waals surface area contributed by atoms with Crippen LogP contribution in [0.25, 0.3) is 0 Å². The predicted molar refractivity (Wildman–Crippen MR) is 258 cm³/mol. The van der Waals surface area contributed by atoms with Crippen LogP contribution in [0.15, 0.2) is 36.0 Å². The molecule has 0 saturated carbocycles. The van der Waals surface area contributed by atoms with Crippen molar-refractivity contribution in [3.05, 3.63) is 36.0 Å². The van der Waals surface area contributed by atoms with Crippen molar-refractivity contribution >= 4 is 34.7 Å². The van der Waals surface area contributed by atoms with Gasteiger partial charge in [-0.05, 0) is 119 Å². The number of aliphatic hydroxyl groups is 2. The molecule has 0 radical (unpaired) electrons. The lowest BCUT2D eigenvalue weighted by Crippen LogP contribution is -2.47. The van der Waals surface area contributed by atoms with Crippen LogP contribution in [-0.2, 0) is 32.7 Å². The standard InChI is InChI=1S/C49H90N2O10Si2/c1-14-43(58-48(55)50-30-33-51-31-21-22-32-51)39(11)34-42(53)47(61-63(18-5,19-6)20-7)37(9)25-23-24-36(8)46-38(10)26-27-44(57-40(12)52)49(13,56)29-28-41(35-45(54)59-46)60-62(15-2,16-3)17-4/h23-27,37-39,41-44,46-47,53,56H,14-22,28-35H2,1-13H3,(H,50,55)/b25-23+,27-26+,36-24+. The molecule has 2 aliphatic rings. The van der Waals surface area contributed by atoms with Crippen LogP contribution >= 0.6 is 0 Å². The van der Waals surface area contributed by atoms with Crippen LogP contribution in [0.2, 0.25) is 36.3 Å². The molecule has 12 nitrogen and oxygen atoms in total. The molecule has 0 aliphatic carbocycles. The average Bonchev–Trinajstić information content (AvgIpc) is 3.78. The van der Waals surface area contributed by atoms with Crippen LogP contribution < -0.4 is 5.32 Å². The fourth-order valence-electron chi connectivity index (χ4n) is 9.25. The summed E-state index contributed by atoms with van der Waals surface area (Å²) < 4.78 is 31.7. The summed E-state index contributed by atoms with van der Waals surface area (Å²) in [7, 11) is -4.29. The molecule has 364 valence electrons. The normalized spacial score (nSPS) is 26.5. The van der Waals surface area contributed by atoms with Crippen LogP contribution in [-0.4, -0.2) is 118 Å². The molecule has 10 unspecified atom stereocenters. The zero-order valence-electron chi connectivity index (χ0n) is 41.7. The Labute approximate surface area is 384 Å². The summed E-state index contributed by atoms with van der Waals surface area (Å²) in [5.41, 5.74) is -0.581. The number of alkyl carbamates (subject to hydrolysis) is 1. The van der Waals surface area contributed by atoms with Gasteiger partial charge >= 0.3 is 18.0 Å². The first-order chi connectivity index (χ1) is 29.8. The molecule has 0 aromatic heterocycles. The topological polar surface area (TPSA) is 153 Å². The van der Waals surface area contributed by atoms with E-state index in [-0.39, 0.29) is 42.7 Å². The number of nitrogens with zero attached hydrogens (tertiary/aromatic N) is 1. The first-order valence-electron chi connectivity index (χ1n) is 24.6. The second kappa shape index (κ2) is 28.0. The third-order valence-electron chi connectivity index (χ3n) is 14.2. The summed E-state index contributed by atoms with van der Waals surface area (Å²) in [5.74, 6) is -1.47. The highest BCUT2D eigenvalue weighted by molar-refractivity contribution is 6.74. The highest BCUT2D eigenvalue weighted by Crippen LogP contribution is 2.33. The Morgan fingerprint density at radius 1 is 0.984 bits per heavy atom. The minimum absolute atomic E-state index is 0.0523. The molecular weight excluding hydrogens is 833 g/mol. The van der Waals surface area contributed by atoms with Gasteiger partial charge in [0.15, 0.2) is 16.6 Å². The number of likely N-dealkylation sites (tertiary alicyclic amines) is 1. The van der Waals surface area contributed by atoms with Gasteiger partial charge in [-0.15, -0.1) is 0 Å². The van der Waals surface area contributed by atoms with Gasteiger partial charge < -0.3 is 43.5 Å². The molecule has 2 heterocycles. The summed E-state index contributed by atoms with van der Waals surface area (Å²) in [6, 6.07) is 5.55. The molecule has 1 saturated heterocycles. The molecule has 10 atom stereocenters. The summed E-state index contributed by atoms with van der Waals surface area (Å²) in [5, 5.41) is 26.6. The van der Waals surface area contributed by atoms with E-state index in [0.29, 0.717) is 25.8 Å². The molecule has 2 aliphatic heterocycles. The van der Waals surface area contributed by atoms with Crippen molar-refractivity contribution in [2.45, 2.75) is 213 Å². The lowest BCUT2D eigenvalue weighted by atomic mass is 9.88. The van der Waals surface area contributed by atoms with Gasteiger partial charge in [0.25, 0.3) is 0 Å². The molecular formula is C49H90N2O10Si2. The summed E-state index contributed by atoms with van der Waals surface area (Å²) in [6.07, 6.45) is 9.62. The van der Waals surface area contributed by atoms with Crippen LogP contribution in [0.5, 0.6) is 0 Å². The first-order valence-corrected chi connectivity index (χ1v) is 29.7. The monoisotopic (exact) mass is 923 g/mol. The lowest BCUT2D eigenvalue weighted by molar-refractivity contribution is -0.157. The van der Waals surface area contributed by atoms with Crippen molar-refractivity contribution < 1.29 is 47.7 Å². The van der Waals surface area contributed by atoms with Gasteiger partial charge in [-0.3, -0.25) is 9.59 Å². The summed E-state index contributed by atoms with van der Waals surface area (Å²) in [6.45, 7) is 29.5. The van der Waals surface area contributed by atoms with Crippen LogP contribution in [0.4, 0.5) is 4.79 Å². The maximum Gasteiger partial charge on any atom is 0.407 e. The number of carbonyl (C=O) groups excluding carboxylic acids is 3. The Bertz CT molecular complexity index is 1440. The maximum atomic E-state index is 13.8. The highest BCUT2D eigenvalue weighted by atomic mass is 28.4. The number of nitrogens with one attached hydrogen (secondary N) is 1. The number of esters is 2. The zero-order chi connectivity index (χ0) is 47.4. The number of aliphatic hydroxyl groups excluding tert-OH is 1. The van der Waals surface area contributed by atoms with E-state index in [1.54, 1.807) is 13.0 Å². The van der Waals surface area contributed by atoms with E-state index in [2.05, 4.69) is 58.7 Å². The van der Waals surface area contributed by atoms with Gasteiger partial charge in [0.2, 0.25) is 0 Å². The van der Waals surface area contributed by atoms with E-state index in [4.69, 9.17) is 23.1 Å². The summed E-state index contributed by atoms with van der Waals surface area (Å²) in [4.78, 5) is 41.2. The van der Waals surface area contributed by atoms with E-state index in [1.807, 2.05) is 52.0 Å². The quantitative estimate of drug-likeness (QED) is 0.0279. The largest absolute Gasteiger partial charge is 0.457 e. The second-order valence-corrected chi connectivity index (χ2v) is 28.3. The number of amides is 1. The van der Waals surface area contributed by atoms with Crippen LogP contribution in [0, 0.1) is 17.8 Å². The van der Waals surface area contributed by atoms with E-state index in [9.17, 15) is 24.6 Å². The van der Waals surface area contributed by atoms with E-state index < -0.39 is 64.8 Å². The number of carbonyl (C=O) groups is 3. The number of ether oxygens (including phenoxy) is 3. The Balaban J connectivity index is 2.40. The Kier molecular flexibility index (Phi) is 25.2. The van der Waals surface area contributed by atoms with Crippen molar-refractivity contribution in [1.82, 2.24) is 10.2 Å². The van der Waals surface area contributed by atoms with E-state index >= 15 is 0 Å². The lowest BCUT2D eigenvalue weighted by Gasteiger charge is -2.38. The van der Waals surface area contributed by atoms with Crippen molar-refractivity contribution in [1.29, 1.82) is 0 Å². The van der Waals surface area contributed by atoms with Gasteiger partial charge in [-0.1, -0.05) is 93.5 Å². The van der Waals surface area contributed by atoms with Gasteiger partial charge in [-0.25, -0.2) is 4.79 Å². The Morgan fingerprint density at radius 3 is 2.14 bits per heavy atom. The van der Waals surface area contributed by atoms with Gasteiger partial charge in [0.1, 0.15) is 23.9 Å². The predicted octanol–water partition coefficient (Wildman–Crippen LogP) is 9.86. The molecule has 3 N–H and O–H groups in total. The fourth-order valence-corrected chi connectivity index (χ4v) is 15.1. The number of cyclic esters (lactones) is 1. The summed E-state index contributed by atoms with van der Waals surface area (Å²) >= 11 is 0. The second-order valence-electron chi connectivity index (χ2n) is 18.9. The van der Waals surface area contributed by atoms with Crippen molar-refractivity contribution in [3.63, 3.8) is 0 Å². The van der Waals surface area contributed by atoms with Crippen LogP contribution in [0.1, 0.15) is 135 Å². The minimum Gasteiger partial charge on any atom is -0.457 e. The van der Waals surface area contributed by atoms with E-state index in [0.717, 1.165) is 61.5 Å². The van der Waals surface area contributed by atoms with Gasteiger partial charge in [-0.2, -0.15) is 0 Å². The Morgan fingerprint density at radius 2 is 1.59 bits per heavy atom. The maximum absolute atomic E-state index is 13.8. The molecule has 0 spiro atoms. The molecule has 1 fully saturated rings. The number of hydrogen-bond donors (Lipinski definition) is 3. The number of rotatable bonds is 24. The Hall–Kier alpha value is -2.34. The number of allylic oxidation sites excluding steroid dienone is 2. The average molecular weight is 923 g/mol. The smallest absolute Gasteiger partial charge is 0.407 e. The minimum atomic E-state index is -2.16. The molecule has 2 rings (SSSR count). The molecule has 0 aromatic rings. The van der Waals surface area contributed by atoms with E-state index in [1.165, 1.54) is 19.8 Å². The van der Waals surface area contributed by atoms with Crippen molar-refractivity contribution in [3.8, 4) is 0 Å². The highest BCUT2D eigenvalue weighted by Gasteiger charge is 2.40. The van der Waals surface area contributed by atoms with Crippen LogP contribution in [0.3, 0.4) is 0 Å². The van der Waals surface area contributed by atoms with Gasteiger partial charge in [0.05, 0.1) is 24.7 Å². The third-order valence-corrected chi connectivity index (χ3v) is 23.5. The molecule has 0 bridgehead atoms. The molecule has 1 amide bonds. The van der Waals surface area contributed by atoms with Gasteiger partial charge in [0, 0.05) is 31.8 Å². The first kappa shape index (κ1) is 56.8. The zero-order valence-corrected chi connectivity index (χ0v) is 43.7. The molecule has 63 heavy (non-hydrogen) atoms.